The van der Waals surface area contributed by atoms with E-state index < -0.39 is 10.9 Å². The average molecular weight is 532 g/mol. The lowest BCUT2D eigenvalue weighted by Crippen LogP contribution is -2.20. The van der Waals surface area contributed by atoms with Crippen LogP contribution in [0.3, 0.4) is 0 Å². The van der Waals surface area contributed by atoms with Crippen LogP contribution in [0, 0.1) is 10.1 Å². The Balaban J connectivity index is 1.44. The molecule has 0 spiro atoms. The van der Waals surface area contributed by atoms with E-state index in [1.54, 1.807) is 18.2 Å². The third kappa shape index (κ3) is 5.96. The van der Waals surface area contributed by atoms with E-state index in [1.165, 1.54) is 30.5 Å². The molecule has 174 valence electrons. The average Bonchev–Trinajstić information content (AvgIpc) is 2.86. The van der Waals surface area contributed by atoms with Crippen molar-refractivity contribution in [2.24, 2.45) is 5.10 Å². The van der Waals surface area contributed by atoms with Gasteiger partial charge >= 0.3 is 5.97 Å². The molecule has 4 rings (SSSR count). The zero-order valence-electron chi connectivity index (χ0n) is 18.2. The van der Waals surface area contributed by atoms with Gasteiger partial charge in [-0.2, -0.15) is 5.10 Å². The molecule has 0 atom stereocenters. The minimum Gasteiger partial charge on any atom is -0.422 e. The van der Waals surface area contributed by atoms with Gasteiger partial charge < -0.3 is 4.74 Å². The Bertz CT molecular complexity index is 1450. The summed E-state index contributed by atoms with van der Waals surface area (Å²) in [6.45, 7) is 0. The van der Waals surface area contributed by atoms with Gasteiger partial charge in [-0.25, -0.2) is 10.2 Å². The molecule has 1 N–H and O–H groups in total. The van der Waals surface area contributed by atoms with Gasteiger partial charge in [0.1, 0.15) is 5.75 Å². The molecule has 0 aliphatic heterocycles. The molecule has 0 aliphatic rings. The van der Waals surface area contributed by atoms with Crippen molar-refractivity contribution in [3.8, 4) is 5.75 Å². The zero-order valence-corrected chi connectivity index (χ0v) is 19.8. The quantitative estimate of drug-likeness (QED) is 0.112. The highest BCUT2D eigenvalue weighted by Crippen LogP contribution is 2.23. The summed E-state index contributed by atoms with van der Waals surface area (Å²) in [6, 6.07) is 23.7. The first-order valence-corrected chi connectivity index (χ1v) is 11.2. The van der Waals surface area contributed by atoms with Crippen LogP contribution in [-0.2, 0) is 11.2 Å². The second-order valence-corrected chi connectivity index (χ2v) is 8.40. The van der Waals surface area contributed by atoms with Gasteiger partial charge in [-0.05, 0) is 46.7 Å². The number of carbonyl (C=O) groups excluding carboxylic acids is 2. The minimum atomic E-state index is -0.683. The first-order valence-electron chi connectivity index (χ1n) is 10.5. The highest BCUT2D eigenvalue weighted by molar-refractivity contribution is 9.10. The molecule has 0 saturated heterocycles. The fourth-order valence-electron chi connectivity index (χ4n) is 3.42. The monoisotopic (exact) mass is 531 g/mol. The molecule has 1 amide bonds. The minimum absolute atomic E-state index is 0.128. The molecule has 0 saturated carbocycles. The number of hydrogen-bond acceptors (Lipinski definition) is 6. The third-order valence-corrected chi connectivity index (χ3v) is 5.61. The molecule has 0 aromatic heterocycles. The number of non-ortho nitro benzene ring substituents is 1. The molecule has 9 heteroatoms. The van der Waals surface area contributed by atoms with Crippen molar-refractivity contribution < 1.29 is 19.2 Å². The lowest BCUT2D eigenvalue weighted by atomic mass is 10.0. The van der Waals surface area contributed by atoms with Crippen LogP contribution in [0.4, 0.5) is 5.69 Å². The maximum absolute atomic E-state index is 12.5. The molecule has 0 bridgehead atoms. The second-order valence-electron chi connectivity index (χ2n) is 7.48. The van der Waals surface area contributed by atoms with Crippen LogP contribution in [0.5, 0.6) is 5.75 Å². The molecular formula is C26H18BrN3O5. The molecule has 0 heterocycles. The normalized spacial score (nSPS) is 10.9. The molecule has 35 heavy (non-hydrogen) atoms. The third-order valence-electron chi connectivity index (χ3n) is 5.11. The highest BCUT2D eigenvalue weighted by atomic mass is 79.9. The van der Waals surface area contributed by atoms with Crippen molar-refractivity contribution >= 4 is 50.5 Å². The predicted molar refractivity (Wildman–Crippen MR) is 136 cm³/mol. The van der Waals surface area contributed by atoms with E-state index >= 15 is 0 Å². The highest BCUT2D eigenvalue weighted by Gasteiger charge is 2.14. The van der Waals surface area contributed by atoms with E-state index in [1.807, 2.05) is 42.5 Å². The number of fused-ring (bicyclic) bond motifs is 1. The molecule has 4 aromatic rings. The molecule has 4 aromatic carbocycles. The number of carbonyl (C=O) groups is 2. The molecular weight excluding hydrogens is 514 g/mol. The summed E-state index contributed by atoms with van der Waals surface area (Å²) in [6.07, 6.45) is 1.53. The van der Waals surface area contributed by atoms with E-state index in [0.717, 1.165) is 20.8 Å². The zero-order chi connectivity index (χ0) is 24.8. The van der Waals surface area contributed by atoms with Gasteiger partial charge in [0, 0.05) is 22.2 Å². The Labute approximate surface area is 208 Å². The first-order chi connectivity index (χ1) is 16.9. The molecule has 0 aliphatic carbocycles. The van der Waals surface area contributed by atoms with Crippen molar-refractivity contribution in [2.75, 3.05) is 0 Å². The number of ether oxygens (including phenoxy) is 1. The van der Waals surface area contributed by atoms with Crippen molar-refractivity contribution in [1.29, 1.82) is 0 Å². The lowest BCUT2D eigenvalue weighted by molar-refractivity contribution is -0.384. The smallest absolute Gasteiger partial charge is 0.343 e. The Hall–Kier alpha value is -4.37. The summed E-state index contributed by atoms with van der Waals surface area (Å²) in [4.78, 5) is 35.2. The number of nitrogens with zero attached hydrogens (tertiary/aromatic N) is 2. The van der Waals surface area contributed by atoms with E-state index in [-0.39, 0.29) is 29.3 Å². The van der Waals surface area contributed by atoms with Gasteiger partial charge in [0.2, 0.25) is 5.91 Å². The van der Waals surface area contributed by atoms with Crippen molar-refractivity contribution in [3.05, 3.63) is 116 Å². The van der Waals surface area contributed by atoms with Crippen LogP contribution in [0.2, 0.25) is 0 Å². The van der Waals surface area contributed by atoms with Crippen LogP contribution in [0.1, 0.15) is 21.5 Å². The Kier molecular flexibility index (Phi) is 7.27. The fourth-order valence-corrected chi connectivity index (χ4v) is 3.80. The number of halogens is 1. The van der Waals surface area contributed by atoms with Crippen LogP contribution < -0.4 is 10.2 Å². The number of amides is 1. The van der Waals surface area contributed by atoms with E-state index in [0.29, 0.717) is 5.56 Å². The number of hydrazone groups is 1. The Morgan fingerprint density at radius 1 is 1.00 bits per heavy atom. The number of nitrogens with one attached hydrogen (secondary N) is 1. The SMILES string of the molecule is O=C(Cc1cccc2ccccc12)N/N=C/c1cc(Br)ccc1OC(=O)c1ccc([N+](=O)[O-])cc1. The summed E-state index contributed by atoms with van der Waals surface area (Å²) in [5.74, 6) is -0.766. The Morgan fingerprint density at radius 3 is 2.51 bits per heavy atom. The first kappa shape index (κ1) is 23.8. The van der Waals surface area contributed by atoms with Crippen LogP contribution >= 0.6 is 15.9 Å². The maximum atomic E-state index is 12.5. The van der Waals surface area contributed by atoms with Gasteiger partial charge in [0.15, 0.2) is 0 Å². The Morgan fingerprint density at radius 2 is 1.74 bits per heavy atom. The predicted octanol–water partition coefficient (Wildman–Crippen LogP) is 5.42. The second kappa shape index (κ2) is 10.7. The molecule has 0 unspecified atom stereocenters. The van der Waals surface area contributed by atoms with Crippen LogP contribution in [0.15, 0.2) is 94.5 Å². The van der Waals surface area contributed by atoms with Crippen LogP contribution in [0.25, 0.3) is 10.8 Å². The van der Waals surface area contributed by atoms with Crippen LogP contribution in [-0.4, -0.2) is 23.0 Å². The van der Waals surface area contributed by atoms with Gasteiger partial charge in [0.05, 0.1) is 23.1 Å². The summed E-state index contributed by atoms with van der Waals surface area (Å²) < 4.78 is 6.17. The van der Waals surface area contributed by atoms with E-state index in [4.69, 9.17) is 4.74 Å². The van der Waals surface area contributed by atoms with Gasteiger partial charge in [-0.1, -0.05) is 58.4 Å². The molecule has 8 nitrogen and oxygen atoms in total. The summed E-state index contributed by atoms with van der Waals surface area (Å²) in [5, 5.41) is 16.9. The number of hydrogen-bond donors (Lipinski definition) is 1. The summed E-state index contributed by atoms with van der Waals surface area (Å²) in [7, 11) is 0. The molecule has 0 fully saturated rings. The fraction of sp³-hybridized carbons (Fsp3) is 0.0385. The van der Waals surface area contributed by atoms with Crippen molar-refractivity contribution in [1.82, 2.24) is 5.43 Å². The standard InChI is InChI=1S/C26H18BrN3O5/c27-21-10-13-24(35-26(32)18-8-11-22(12-9-18)30(33)34)20(14-21)16-28-29-25(31)15-19-6-3-5-17-4-1-2-7-23(17)19/h1-14,16H,15H2,(H,29,31)/b28-16+. The maximum Gasteiger partial charge on any atom is 0.343 e. The topological polar surface area (TPSA) is 111 Å². The number of rotatable bonds is 7. The van der Waals surface area contributed by atoms with Gasteiger partial charge in [0.25, 0.3) is 5.69 Å². The largest absolute Gasteiger partial charge is 0.422 e. The number of nitro groups is 1. The van der Waals surface area contributed by atoms with Crippen molar-refractivity contribution in [2.45, 2.75) is 6.42 Å². The van der Waals surface area contributed by atoms with Gasteiger partial charge in [-0.3, -0.25) is 14.9 Å². The number of benzene rings is 4. The lowest BCUT2D eigenvalue weighted by Gasteiger charge is -2.08. The van der Waals surface area contributed by atoms with E-state index in [2.05, 4.69) is 26.5 Å². The van der Waals surface area contributed by atoms with E-state index in [9.17, 15) is 19.7 Å². The van der Waals surface area contributed by atoms with Crippen molar-refractivity contribution in [3.63, 3.8) is 0 Å². The molecule has 0 radical (unpaired) electrons. The summed E-state index contributed by atoms with van der Waals surface area (Å²) >= 11 is 3.36. The van der Waals surface area contributed by atoms with Gasteiger partial charge in [-0.15, -0.1) is 0 Å². The number of esters is 1. The summed E-state index contributed by atoms with van der Waals surface area (Å²) in [5.41, 5.74) is 3.86. The number of nitro benzene ring substituents is 1.